The molecule has 26 heavy (non-hydrogen) atoms. The monoisotopic (exact) mass is 376 g/mol. The lowest BCUT2D eigenvalue weighted by molar-refractivity contribution is 0.0697. The fraction of sp³-hybridized carbons (Fsp3) is 0.316. The zero-order valence-corrected chi connectivity index (χ0v) is 15.7. The minimum absolute atomic E-state index is 0.0520. The molecule has 0 aliphatic rings. The number of aromatic carboxylic acids is 1. The third kappa shape index (κ3) is 5.31. The maximum Gasteiger partial charge on any atom is 0.337 e. The minimum Gasteiger partial charge on any atom is -0.478 e. The summed E-state index contributed by atoms with van der Waals surface area (Å²) in [6.07, 6.45) is 1.37. The van der Waals surface area contributed by atoms with Gasteiger partial charge in [-0.05, 0) is 43.5 Å². The molecular weight excluding hydrogens is 352 g/mol. The summed E-state index contributed by atoms with van der Waals surface area (Å²) in [6.45, 7) is 4.17. The molecule has 0 saturated heterocycles. The molecule has 0 heterocycles. The summed E-state index contributed by atoms with van der Waals surface area (Å²) in [7, 11) is -3.75. The van der Waals surface area contributed by atoms with Crippen LogP contribution in [0.4, 0.5) is 5.69 Å². The van der Waals surface area contributed by atoms with Crippen LogP contribution in [0.25, 0.3) is 0 Å². The zero-order valence-electron chi connectivity index (χ0n) is 14.9. The Morgan fingerprint density at radius 2 is 1.85 bits per heavy atom. The molecule has 6 nitrogen and oxygen atoms in total. The van der Waals surface area contributed by atoms with E-state index in [4.69, 9.17) is 0 Å². The van der Waals surface area contributed by atoms with Crippen LogP contribution in [0, 0.1) is 0 Å². The molecule has 0 aliphatic carbocycles. The van der Waals surface area contributed by atoms with Gasteiger partial charge in [0.1, 0.15) is 0 Å². The summed E-state index contributed by atoms with van der Waals surface area (Å²) in [5, 5.41) is 12.5. The normalized spacial score (nSPS) is 12.5. The molecule has 0 amide bonds. The zero-order chi connectivity index (χ0) is 19.2. The first-order chi connectivity index (χ1) is 12.3. The second kappa shape index (κ2) is 8.82. The van der Waals surface area contributed by atoms with Crippen molar-refractivity contribution in [2.24, 2.45) is 0 Å². The predicted molar refractivity (Wildman–Crippen MR) is 102 cm³/mol. The van der Waals surface area contributed by atoms with Gasteiger partial charge in [0.05, 0.1) is 10.5 Å². The molecule has 7 heteroatoms. The van der Waals surface area contributed by atoms with E-state index in [0.717, 1.165) is 12.0 Å². The van der Waals surface area contributed by atoms with E-state index in [1.807, 2.05) is 37.3 Å². The van der Waals surface area contributed by atoms with Gasteiger partial charge >= 0.3 is 5.97 Å². The lowest BCUT2D eigenvalue weighted by Gasteiger charge is -2.14. The number of hydrogen-bond acceptors (Lipinski definition) is 4. The topological polar surface area (TPSA) is 95.5 Å². The molecule has 1 unspecified atom stereocenters. The standard InChI is InChI=1S/C19H24N2O4S/c1-3-14(2)21-26(24,25)16-9-10-18(17(13-16)19(22)23)20-12-11-15-7-5-4-6-8-15/h4-10,13-14,20-21H,3,11-12H2,1-2H3,(H,22,23). The molecule has 0 saturated carbocycles. The van der Waals surface area contributed by atoms with Gasteiger partial charge in [-0.25, -0.2) is 17.9 Å². The second-order valence-corrected chi connectivity index (χ2v) is 7.82. The molecule has 2 aromatic carbocycles. The van der Waals surface area contributed by atoms with Crippen molar-refractivity contribution in [1.82, 2.24) is 4.72 Å². The number of anilines is 1. The summed E-state index contributed by atoms with van der Waals surface area (Å²) in [5.74, 6) is -1.17. The van der Waals surface area contributed by atoms with E-state index in [1.54, 1.807) is 6.92 Å². The first-order valence-electron chi connectivity index (χ1n) is 8.51. The van der Waals surface area contributed by atoms with Crippen LogP contribution >= 0.6 is 0 Å². The van der Waals surface area contributed by atoms with Crippen LogP contribution in [0.5, 0.6) is 0 Å². The average Bonchev–Trinajstić information content (AvgIpc) is 2.62. The third-order valence-corrected chi connectivity index (χ3v) is 5.66. The SMILES string of the molecule is CCC(C)NS(=O)(=O)c1ccc(NCCc2ccccc2)c(C(=O)O)c1. The maximum absolute atomic E-state index is 12.4. The molecule has 0 bridgehead atoms. The van der Waals surface area contributed by atoms with E-state index in [0.29, 0.717) is 18.7 Å². The Kier molecular flexibility index (Phi) is 6.76. The van der Waals surface area contributed by atoms with Crippen molar-refractivity contribution in [1.29, 1.82) is 0 Å². The molecular formula is C19H24N2O4S. The number of hydrogen-bond donors (Lipinski definition) is 3. The summed E-state index contributed by atoms with van der Waals surface area (Å²) < 4.78 is 27.3. The Hall–Kier alpha value is -2.38. The van der Waals surface area contributed by atoms with Gasteiger partial charge in [0.15, 0.2) is 0 Å². The van der Waals surface area contributed by atoms with Crippen LogP contribution in [-0.4, -0.2) is 32.1 Å². The van der Waals surface area contributed by atoms with Gasteiger partial charge in [0.25, 0.3) is 0 Å². The van der Waals surface area contributed by atoms with E-state index in [1.165, 1.54) is 18.2 Å². The highest BCUT2D eigenvalue weighted by Gasteiger charge is 2.20. The van der Waals surface area contributed by atoms with Gasteiger partial charge < -0.3 is 10.4 Å². The molecule has 0 radical (unpaired) electrons. The van der Waals surface area contributed by atoms with E-state index < -0.39 is 16.0 Å². The van der Waals surface area contributed by atoms with E-state index in [-0.39, 0.29) is 16.5 Å². The summed E-state index contributed by atoms with van der Waals surface area (Å²) in [5.41, 5.74) is 1.47. The molecule has 0 fully saturated rings. The van der Waals surface area contributed by atoms with Crippen molar-refractivity contribution < 1.29 is 18.3 Å². The fourth-order valence-electron chi connectivity index (χ4n) is 2.42. The highest BCUT2D eigenvalue weighted by Crippen LogP contribution is 2.21. The van der Waals surface area contributed by atoms with Crippen LogP contribution in [0.2, 0.25) is 0 Å². The molecule has 0 aromatic heterocycles. The van der Waals surface area contributed by atoms with Crippen LogP contribution in [0.15, 0.2) is 53.4 Å². The van der Waals surface area contributed by atoms with Gasteiger partial charge in [0, 0.05) is 18.3 Å². The first-order valence-corrected chi connectivity index (χ1v) is 9.99. The number of carboxylic acids is 1. The number of carboxylic acid groups (broad SMARTS) is 1. The largest absolute Gasteiger partial charge is 0.478 e. The van der Waals surface area contributed by atoms with E-state index in [2.05, 4.69) is 10.0 Å². The van der Waals surface area contributed by atoms with E-state index in [9.17, 15) is 18.3 Å². The van der Waals surface area contributed by atoms with Crippen LogP contribution < -0.4 is 10.0 Å². The Balaban J connectivity index is 2.17. The summed E-state index contributed by atoms with van der Waals surface area (Å²) >= 11 is 0. The summed E-state index contributed by atoms with van der Waals surface area (Å²) in [6, 6.07) is 13.7. The lowest BCUT2D eigenvalue weighted by atomic mass is 10.1. The minimum atomic E-state index is -3.75. The highest BCUT2D eigenvalue weighted by molar-refractivity contribution is 7.89. The maximum atomic E-state index is 12.4. The molecule has 1 atom stereocenters. The number of benzene rings is 2. The van der Waals surface area contributed by atoms with Crippen molar-refractivity contribution >= 4 is 21.7 Å². The highest BCUT2D eigenvalue weighted by atomic mass is 32.2. The van der Waals surface area contributed by atoms with Crippen LogP contribution in [0.1, 0.15) is 36.2 Å². The Morgan fingerprint density at radius 3 is 2.46 bits per heavy atom. The smallest absolute Gasteiger partial charge is 0.337 e. The predicted octanol–water partition coefficient (Wildman–Crippen LogP) is 3.12. The molecule has 0 aliphatic heterocycles. The first kappa shape index (κ1) is 19.9. The Labute approximate surface area is 154 Å². The Bertz CT molecular complexity index is 851. The van der Waals surface area contributed by atoms with Gasteiger partial charge in [-0.1, -0.05) is 37.3 Å². The number of nitrogens with one attached hydrogen (secondary N) is 2. The van der Waals surface area contributed by atoms with Crippen molar-refractivity contribution in [3.63, 3.8) is 0 Å². The third-order valence-electron chi connectivity index (χ3n) is 4.07. The van der Waals surface area contributed by atoms with Gasteiger partial charge in [0.2, 0.25) is 10.0 Å². The number of carbonyl (C=O) groups is 1. The lowest BCUT2D eigenvalue weighted by Crippen LogP contribution is -2.32. The molecule has 0 spiro atoms. The van der Waals surface area contributed by atoms with Crippen molar-refractivity contribution in [3.8, 4) is 0 Å². The average molecular weight is 376 g/mol. The van der Waals surface area contributed by atoms with Crippen molar-refractivity contribution in [2.75, 3.05) is 11.9 Å². The van der Waals surface area contributed by atoms with Crippen molar-refractivity contribution in [2.45, 2.75) is 37.6 Å². The Morgan fingerprint density at radius 1 is 1.15 bits per heavy atom. The van der Waals surface area contributed by atoms with Gasteiger partial charge in [-0.2, -0.15) is 0 Å². The second-order valence-electron chi connectivity index (χ2n) is 6.11. The molecule has 140 valence electrons. The van der Waals surface area contributed by atoms with Crippen molar-refractivity contribution in [3.05, 3.63) is 59.7 Å². The molecule has 2 rings (SSSR count). The van der Waals surface area contributed by atoms with Gasteiger partial charge in [-0.15, -0.1) is 0 Å². The molecule has 2 aromatic rings. The molecule has 3 N–H and O–H groups in total. The quantitative estimate of drug-likeness (QED) is 0.625. The van der Waals surface area contributed by atoms with Crippen LogP contribution in [-0.2, 0) is 16.4 Å². The van der Waals surface area contributed by atoms with Gasteiger partial charge in [-0.3, -0.25) is 0 Å². The fourth-order valence-corrected chi connectivity index (χ4v) is 3.78. The number of sulfonamides is 1. The van der Waals surface area contributed by atoms with E-state index >= 15 is 0 Å². The van der Waals surface area contributed by atoms with Crippen LogP contribution in [0.3, 0.4) is 0 Å². The number of rotatable bonds is 9. The summed E-state index contributed by atoms with van der Waals surface area (Å²) in [4.78, 5) is 11.5.